The molecule has 3 nitrogen and oxygen atoms in total. The third kappa shape index (κ3) is 5.13. The van der Waals surface area contributed by atoms with Gasteiger partial charge in [0.15, 0.2) is 0 Å². The molecular formula is C52H34N2O. The highest BCUT2D eigenvalue weighted by Crippen LogP contribution is 2.45. The summed E-state index contributed by atoms with van der Waals surface area (Å²) in [4.78, 5) is 2.37. The van der Waals surface area contributed by atoms with Gasteiger partial charge >= 0.3 is 0 Å². The Morgan fingerprint density at radius 3 is 1.87 bits per heavy atom. The van der Waals surface area contributed by atoms with Crippen molar-refractivity contribution in [1.82, 2.24) is 4.57 Å². The molecule has 9 aromatic carbocycles. The van der Waals surface area contributed by atoms with Crippen LogP contribution in [0.25, 0.3) is 82.5 Å². The largest absolute Gasteiger partial charge is 0.456 e. The van der Waals surface area contributed by atoms with E-state index in [2.05, 4.69) is 204 Å². The predicted octanol–water partition coefficient (Wildman–Crippen LogP) is 14.6. The fourth-order valence-electron chi connectivity index (χ4n) is 8.43. The molecule has 0 fully saturated rings. The third-order valence-corrected chi connectivity index (χ3v) is 11.0. The Balaban J connectivity index is 1.11. The molecule has 0 N–H and O–H groups in total. The quantitative estimate of drug-likeness (QED) is 0.172. The maximum absolute atomic E-state index is 6.40. The number of aromatic nitrogens is 1. The number of hydrogen-bond acceptors (Lipinski definition) is 2. The standard InChI is InChI=1S/C52H34N2O/c1-3-13-35(14-4-1)36-25-29-41(30-26-36)53(47-22-12-24-50-51(47)46-21-9-10-23-49(46)55-50)42-19-11-16-38(33-42)39-28-31-44-45-32-27-37-15-7-8-20-43(37)52(45)54(48(44)34-39)40-17-5-2-6-18-40/h1-34H. The molecule has 11 aromatic rings. The molecule has 0 saturated heterocycles. The second kappa shape index (κ2) is 12.6. The minimum atomic E-state index is 0.868. The van der Waals surface area contributed by atoms with Crippen molar-refractivity contribution >= 4 is 71.6 Å². The van der Waals surface area contributed by atoms with Crippen LogP contribution in [0.1, 0.15) is 0 Å². The lowest BCUT2D eigenvalue weighted by atomic mass is 10.0. The van der Waals surface area contributed by atoms with Gasteiger partial charge < -0.3 is 13.9 Å². The molecule has 0 amide bonds. The Morgan fingerprint density at radius 1 is 0.382 bits per heavy atom. The highest BCUT2D eigenvalue weighted by atomic mass is 16.3. The first-order valence-corrected chi connectivity index (χ1v) is 18.8. The van der Waals surface area contributed by atoms with Crippen LogP contribution >= 0.6 is 0 Å². The first-order valence-electron chi connectivity index (χ1n) is 18.8. The molecule has 0 aliphatic heterocycles. The zero-order valence-corrected chi connectivity index (χ0v) is 29.9. The van der Waals surface area contributed by atoms with Crippen molar-refractivity contribution in [2.75, 3.05) is 4.90 Å². The smallest absolute Gasteiger partial charge is 0.137 e. The van der Waals surface area contributed by atoms with E-state index in [-0.39, 0.29) is 0 Å². The zero-order chi connectivity index (χ0) is 36.3. The first-order chi connectivity index (χ1) is 27.3. The van der Waals surface area contributed by atoms with Gasteiger partial charge in [-0.3, -0.25) is 0 Å². The van der Waals surface area contributed by atoms with Gasteiger partial charge in [0.1, 0.15) is 11.2 Å². The summed E-state index contributed by atoms with van der Waals surface area (Å²) in [6.45, 7) is 0. The van der Waals surface area contributed by atoms with Crippen LogP contribution < -0.4 is 4.90 Å². The predicted molar refractivity (Wildman–Crippen MR) is 231 cm³/mol. The molecule has 0 radical (unpaired) electrons. The van der Waals surface area contributed by atoms with E-state index in [9.17, 15) is 0 Å². The number of hydrogen-bond donors (Lipinski definition) is 0. The van der Waals surface area contributed by atoms with Crippen molar-refractivity contribution < 1.29 is 4.42 Å². The maximum Gasteiger partial charge on any atom is 0.137 e. The molecule has 55 heavy (non-hydrogen) atoms. The number of benzene rings is 9. The van der Waals surface area contributed by atoms with Crippen LogP contribution in [0.3, 0.4) is 0 Å². The minimum absolute atomic E-state index is 0.868. The summed E-state index contributed by atoms with van der Waals surface area (Å²) in [5.41, 5.74) is 13.2. The van der Waals surface area contributed by atoms with Gasteiger partial charge in [-0.15, -0.1) is 0 Å². The Hall–Kier alpha value is -7.36. The number of fused-ring (bicyclic) bond motifs is 8. The summed E-state index contributed by atoms with van der Waals surface area (Å²) < 4.78 is 8.83. The number of nitrogens with zero attached hydrogens (tertiary/aromatic N) is 2. The SMILES string of the molecule is c1ccc(-c2ccc(N(c3cccc(-c4ccc5c6ccc7ccccc7c6n(-c6ccccc6)c5c4)c3)c3cccc4oc5ccccc5c34)cc2)cc1. The molecule has 0 saturated carbocycles. The lowest BCUT2D eigenvalue weighted by molar-refractivity contribution is 0.669. The second-order valence-corrected chi connectivity index (χ2v) is 14.1. The van der Waals surface area contributed by atoms with Crippen molar-refractivity contribution in [3.05, 3.63) is 206 Å². The Labute approximate surface area is 318 Å². The van der Waals surface area contributed by atoms with E-state index in [1.54, 1.807) is 0 Å². The third-order valence-electron chi connectivity index (χ3n) is 11.0. The number of furan rings is 1. The van der Waals surface area contributed by atoms with Crippen LogP contribution in [0.4, 0.5) is 17.1 Å². The van der Waals surface area contributed by atoms with Crippen LogP contribution in [0, 0.1) is 0 Å². The molecule has 0 aliphatic carbocycles. The van der Waals surface area contributed by atoms with Crippen molar-refractivity contribution in [2.24, 2.45) is 0 Å². The Kier molecular flexibility index (Phi) is 7.17. The molecule has 11 rings (SSSR count). The molecule has 258 valence electrons. The summed E-state index contributed by atoms with van der Waals surface area (Å²) in [7, 11) is 0. The lowest BCUT2D eigenvalue weighted by Gasteiger charge is -2.27. The first kappa shape index (κ1) is 31.2. The fourth-order valence-corrected chi connectivity index (χ4v) is 8.43. The second-order valence-electron chi connectivity index (χ2n) is 14.1. The lowest BCUT2D eigenvalue weighted by Crippen LogP contribution is -2.10. The van der Waals surface area contributed by atoms with Gasteiger partial charge in [0, 0.05) is 38.6 Å². The molecule has 0 atom stereocenters. The molecular weight excluding hydrogens is 669 g/mol. The number of anilines is 3. The van der Waals surface area contributed by atoms with Crippen LogP contribution in [0.15, 0.2) is 211 Å². The zero-order valence-electron chi connectivity index (χ0n) is 29.9. The summed E-state index contributed by atoms with van der Waals surface area (Å²) in [5.74, 6) is 0. The average molecular weight is 703 g/mol. The Bertz CT molecular complexity index is 3190. The monoisotopic (exact) mass is 702 g/mol. The van der Waals surface area contributed by atoms with Crippen molar-refractivity contribution in [3.8, 4) is 27.9 Å². The van der Waals surface area contributed by atoms with Crippen molar-refractivity contribution in [1.29, 1.82) is 0 Å². The molecule has 2 aromatic heterocycles. The topological polar surface area (TPSA) is 21.3 Å². The van der Waals surface area contributed by atoms with E-state index >= 15 is 0 Å². The fraction of sp³-hybridized carbons (Fsp3) is 0. The van der Waals surface area contributed by atoms with Crippen LogP contribution in [0.5, 0.6) is 0 Å². The van der Waals surface area contributed by atoms with Gasteiger partial charge in [-0.2, -0.15) is 0 Å². The van der Waals surface area contributed by atoms with Gasteiger partial charge in [0.25, 0.3) is 0 Å². The van der Waals surface area contributed by atoms with Crippen molar-refractivity contribution in [2.45, 2.75) is 0 Å². The molecule has 0 spiro atoms. The maximum atomic E-state index is 6.40. The summed E-state index contributed by atoms with van der Waals surface area (Å²) in [5, 5.41) is 7.17. The van der Waals surface area contributed by atoms with E-state index in [4.69, 9.17) is 4.42 Å². The summed E-state index contributed by atoms with van der Waals surface area (Å²) in [6.07, 6.45) is 0. The van der Waals surface area contributed by atoms with Crippen LogP contribution in [-0.4, -0.2) is 4.57 Å². The summed E-state index contributed by atoms with van der Waals surface area (Å²) in [6, 6.07) is 73.9. The molecule has 0 unspecified atom stereocenters. The number of rotatable bonds is 6. The van der Waals surface area contributed by atoms with Gasteiger partial charge in [-0.25, -0.2) is 0 Å². The van der Waals surface area contributed by atoms with Gasteiger partial charge in [0.2, 0.25) is 0 Å². The van der Waals surface area contributed by atoms with E-state index in [1.807, 2.05) is 12.1 Å². The average Bonchev–Trinajstić information content (AvgIpc) is 3.81. The molecule has 2 heterocycles. The number of para-hydroxylation sites is 2. The van der Waals surface area contributed by atoms with Crippen molar-refractivity contribution in [3.63, 3.8) is 0 Å². The van der Waals surface area contributed by atoms with E-state index < -0.39 is 0 Å². The normalized spacial score (nSPS) is 11.6. The highest BCUT2D eigenvalue weighted by Gasteiger charge is 2.21. The minimum Gasteiger partial charge on any atom is -0.456 e. The molecule has 3 heteroatoms. The Morgan fingerprint density at radius 2 is 1.02 bits per heavy atom. The van der Waals surface area contributed by atoms with E-state index in [0.29, 0.717) is 0 Å². The molecule has 0 aliphatic rings. The van der Waals surface area contributed by atoms with E-state index in [0.717, 1.165) is 55.8 Å². The van der Waals surface area contributed by atoms with Gasteiger partial charge in [-0.1, -0.05) is 146 Å². The molecule has 0 bridgehead atoms. The van der Waals surface area contributed by atoms with E-state index in [1.165, 1.54) is 43.7 Å². The summed E-state index contributed by atoms with van der Waals surface area (Å²) >= 11 is 0. The van der Waals surface area contributed by atoms with Gasteiger partial charge in [0.05, 0.1) is 22.1 Å². The van der Waals surface area contributed by atoms with Gasteiger partial charge in [-0.05, 0) is 88.3 Å². The van der Waals surface area contributed by atoms with Crippen LogP contribution in [-0.2, 0) is 0 Å². The highest BCUT2D eigenvalue weighted by molar-refractivity contribution is 6.19. The van der Waals surface area contributed by atoms with Crippen LogP contribution in [0.2, 0.25) is 0 Å².